The maximum Gasteiger partial charge on any atom is 0.125 e. The molecule has 76 valence electrons. The van der Waals surface area contributed by atoms with Gasteiger partial charge in [-0.2, -0.15) is 0 Å². The molecule has 0 saturated carbocycles. The molecule has 0 amide bonds. The van der Waals surface area contributed by atoms with Crippen molar-refractivity contribution in [2.24, 2.45) is 0 Å². The van der Waals surface area contributed by atoms with Crippen LogP contribution in [0.4, 0.5) is 10.1 Å². The third kappa shape index (κ3) is 1.92. The fourth-order valence-electron chi connectivity index (χ4n) is 1.73. The van der Waals surface area contributed by atoms with E-state index in [0.29, 0.717) is 13.0 Å². The van der Waals surface area contributed by atoms with Gasteiger partial charge in [0.1, 0.15) is 5.67 Å². The van der Waals surface area contributed by atoms with Gasteiger partial charge in [-0.25, -0.2) is 4.39 Å². The quantitative estimate of drug-likeness (QED) is 0.750. The summed E-state index contributed by atoms with van der Waals surface area (Å²) in [6.45, 7) is 2.05. The zero-order chi connectivity index (χ0) is 10.2. The second kappa shape index (κ2) is 3.54. The second-order valence-electron chi connectivity index (χ2n) is 4.03. The van der Waals surface area contributed by atoms with E-state index < -0.39 is 5.67 Å². The molecule has 1 N–H and O–H groups in total. The minimum Gasteiger partial charge on any atom is -0.382 e. The van der Waals surface area contributed by atoms with E-state index >= 15 is 0 Å². The van der Waals surface area contributed by atoms with E-state index in [1.807, 2.05) is 18.2 Å². The number of alkyl halides is 1. The molecule has 1 aromatic carbocycles. The molecule has 3 heteroatoms. The van der Waals surface area contributed by atoms with Crippen molar-refractivity contribution in [3.05, 3.63) is 28.2 Å². The minimum absolute atomic E-state index is 0.399. The predicted molar refractivity (Wildman–Crippen MR) is 60.5 cm³/mol. The van der Waals surface area contributed by atoms with Gasteiger partial charge in [-0.1, -0.05) is 22.0 Å². The molecule has 2 rings (SSSR count). The molecule has 1 atom stereocenters. The number of hydrogen-bond acceptors (Lipinski definition) is 1. The standard InChI is InChI=1S/C11H13BrFN/c1-11(13)6-5-8-9(12)3-2-4-10(8)14-7-11/h2-4,14H,5-7H2,1H3. The van der Waals surface area contributed by atoms with Crippen molar-refractivity contribution in [1.29, 1.82) is 0 Å². The Balaban J connectivity index is 2.34. The molecule has 14 heavy (non-hydrogen) atoms. The van der Waals surface area contributed by atoms with Gasteiger partial charge in [-0.15, -0.1) is 0 Å². The molecule has 1 aromatic rings. The van der Waals surface area contributed by atoms with E-state index in [2.05, 4.69) is 21.2 Å². The molecule has 0 fully saturated rings. The summed E-state index contributed by atoms with van der Waals surface area (Å²) >= 11 is 3.49. The zero-order valence-corrected chi connectivity index (χ0v) is 9.70. The maximum absolute atomic E-state index is 13.7. The Hall–Kier alpha value is -0.570. The van der Waals surface area contributed by atoms with Crippen LogP contribution < -0.4 is 5.32 Å². The average Bonchev–Trinajstić information content (AvgIpc) is 2.27. The number of hydrogen-bond donors (Lipinski definition) is 1. The van der Waals surface area contributed by atoms with Crippen molar-refractivity contribution in [1.82, 2.24) is 0 Å². The highest BCUT2D eigenvalue weighted by Crippen LogP contribution is 2.32. The first-order valence-electron chi connectivity index (χ1n) is 4.79. The third-order valence-electron chi connectivity index (χ3n) is 2.66. The molecule has 1 aliphatic heterocycles. The summed E-state index contributed by atoms with van der Waals surface area (Å²) in [6, 6.07) is 5.97. The Morgan fingerprint density at radius 3 is 3.07 bits per heavy atom. The van der Waals surface area contributed by atoms with E-state index in [4.69, 9.17) is 0 Å². The SMILES string of the molecule is CC1(F)CCc2c(Br)cccc2NC1. The van der Waals surface area contributed by atoms with Crippen molar-refractivity contribution in [3.8, 4) is 0 Å². The lowest BCUT2D eigenvalue weighted by molar-refractivity contribution is 0.195. The van der Waals surface area contributed by atoms with E-state index in [9.17, 15) is 4.39 Å². The fraction of sp³-hybridized carbons (Fsp3) is 0.455. The Bertz CT molecular complexity index is 349. The molecular formula is C11H13BrFN. The van der Waals surface area contributed by atoms with Crippen LogP contribution in [0.25, 0.3) is 0 Å². The van der Waals surface area contributed by atoms with Gasteiger partial charge < -0.3 is 5.32 Å². The molecule has 0 aliphatic carbocycles. The summed E-state index contributed by atoms with van der Waals surface area (Å²) in [5.74, 6) is 0. The molecule has 0 spiro atoms. The topological polar surface area (TPSA) is 12.0 Å². The first kappa shape index (κ1) is 9.97. The smallest absolute Gasteiger partial charge is 0.125 e. The van der Waals surface area contributed by atoms with Gasteiger partial charge in [-0.3, -0.25) is 0 Å². The number of benzene rings is 1. The Kier molecular flexibility index (Phi) is 2.52. The van der Waals surface area contributed by atoms with E-state index in [1.54, 1.807) is 6.92 Å². The maximum atomic E-state index is 13.7. The average molecular weight is 258 g/mol. The number of halogens is 2. The van der Waals surface area contributed by atoms with Crippen LogP contribution >= 0.6 is 15.9 Å². The van der Waals surface area contributed by atoms with E-state index in [1.165, 1.54) is 5.56 Å². The van der Waals surface area contributed by atoms with Gasteiger partial charge >= 0.3 is 0 Å². The van der Waals surface area contributed by atoms with Crippen LogP contribution in [0, 0.1) is 0 Å². The Labute approximate surface area is 91.8 Å². The van der Waals surface area contributed by atoms with E-state index in [0.717, 1.165) is 16.6 Å². The zero-order valence-electron chi connectivity index (χ0n) is 8.11. The van der Waals surface area contributed by atoms with Crippen molar-refractivity contribution in [2.45, 2.75) is 25.4 Å². The highest BCUT2D eigenvalue weighted by Gasteiger charge is 2.26. The summed E-state index contributed by atoms with van der Waals surface area (Å²) in [4.78, 5) is 0. The molecule has 1 aliphatic rings. The summed E-state index contributed by atoms with van der Waals surface area (Å²) in [5.41, 5.74) is 1.15. The monoisotopic (exact) mass is 257 g/mol. The van der Waals surface area contributed by atoms with Crippen LogP contribution in [0.5, 0.6) is 0 Å². The van der Waals surface area contributed by atoms with Crippen LogP contribution in [0.1, 0.15) is 18.9 Å². The first-order valence-corrected chi connectivity index (χ1v) is 5.58. The van der Waals surface area contributed by atoms with Crippen LogP contribution in [0.3, 0.4) is 0 Å². The van der Waals surface area contributed by atoms with E-state index in [-0.39, 0.29) is 0 Å². The summed E-state index contributed by atoms with van der Waals surface area (Å²) in [6.07, 6.45) is 1.37. The fourth-order valence-corrected chi connectivity index (χ4v) is 2.30. The van der Waals surface area contributed by atoms with Gasteiger partial charge in [-0.05, 0) is 37.5 Å². The highest BCUT2D eigenvalue weighted by molar-refractivity contribution is 9.10. The molecule has 0 saturated heterocycles. The predicted octanol–water partition coefficient (Wildman–Crippen LogP) is 3.54. The van der Waals surface area contributed by atoms with Crippen LogP contribution in [0.2, 0.25) is 0 Å². The van der Waals surface area contributed by atoms with Gasteiger partial charge in [0, 0.05) is 16.7 Å². The van der Waals surface area contributed by atoms with Crippen molar-refractivity contribution in [3.63, 3.8) is 0 Å². The third-order valence-corrected chi connectivity index (χ3v) is 3.41. The lowest BCUT2D eigenvalue weighted by Crippen LogP contribution is -2.26. The molecule has 1 heterocycles. The van der Waals surface area contributed by atoms with Crippen LogP contribution in [0.15, 0.2) is 22.7 Å². The summed E-state index contributed by atoms with van der Waals surface area (Å²) < 4.78 is 14.8. The molecule has 1 nitrogen and oxygen atoms in total. The van der Waals surface area contributed by atoms with Crippen molar-refractivity contribution in [2.75, 3.05) is 11.9 Å². The largest absolute Gasteiger partial charge is 0.382 e. The molecular weight excluding hydrogens is 245 g/mol. The lowest BCUT2D eigenvalue weighted by atomic mass is 10.0. The highest BCUT2D eigenvalue weighted by atomic mass is 79.9. The van der Waals surface area contributed by atoms with Crippen molar-refractivity contribution < 1.29 is 4.39 Å². The molecule has 0 radical (unpaired) electrons. The van der Waals surface area contributed by atoms with Crippen LogP contribution in [-0.2, 0) is 6.42 Å². The lowest BCUT2D eigenvalue weighted by Gasteiger charge is -2.17. The number of fused-ring (bicyclic) bond motifs is 1. The van der Waals surface area contributed by atoms with Crippen LogP contribution in [-0.4, -0.2) is 12.2 Å². The summed E-state index contributed by atoms with van der Waals surface area (Å²) in [5, 5.41) is 3.15. The van der Waals surface area contributed by atoms with Gasteiger partial charge in [0.05, 0.1) is 0 Å². The summed E-state index contributed by atoms with van der Waals surface area (Å²) in [7, 11) is 0. The first-order chi connectivity index (χ1) is 6.58. The van der Waals surface area contributed by atoms with Crippen molar-refractivity contribution >= 4 is 21.6 Å². The number of rotatable bonds is 0. The Morgan fingerprint density at radius 1 is 1.50 bits per heavy atom. The Morgan fingerprint density at radius 2 is 2.29 bits per heavy atom. The molecule has 0 aromatic heterocycles. The number of nitrogens with one attached hydrogen (secondary N) is 1. The molecule has 1 unspecified atom stereocenters. The molecule has 0 bridgehead atoms. The minimum atomic E-state index is -1.10. The van der Waals surface area contributed by atoms with Gasteiger partial charge in [0.2, 0.25) is 0 Å². The normalized spacial score (nSPS) is 26.2. The number of anilines is 1. The van der Waals surface area contributed by atoms with Gasteiger partial charge in [0.25, 0.3) is 0 Å². The second-order valence-corrected chi connectivity index (χ2v) is 4.89. The van der Waals surface area contributed by atoms with Gasteiger partial charge in [0.15, 0.2) is 0 Å².